The Morgan fingerprint density at radius 2 is 1.91 bits per heavy atom. The van der Waals surface area contributed by atoms with E-state index in [2.05, 4.69) is 0 Å². The Bertz CT molecular complexity index is 257. The van der Waals surface area contributed by atoms with Crippen LogP contribution in [0.2, 0.25) is 0 Å². The molecule has 55 valence electrons. The fraction of sp³-hybridized carbons (Fsp3) is 0.100. The molecule has 0 N–H and O–H groups in total. The van der Waals surface area contributed by atoms with Crippen molar-refractivity contribution in [1.29, 1.82) is 0 Å². The first-order valence-corrected chi connectivity index (χ1v) is 3.44. The summed E-state index contributed by atoms with van der Waals surface area (Å²) >= 11 is 0. The minimum atomic E-state index is 1.03. The molecular weight excluding hydrogens is 136 g/mol. The summed E-state index contributed by atoms with van der Waals surface area (Å²) in [6, 6.07) is 7.93. The summed E-state index contributed by atoms with van der Waals surface area (Å²) in [5.41, 5.74) is 2.25. The SMILES string of the molecule is Cc1ccc(/C=C/[C]=O)cc1. The Morgan fingerprint density at radius 1 is 1.27 bits per heavy atom. The summed E-state index contributed by atoms with van der Waals surface area (Å²) < 4.78 is 0. The Kier molecular flexibility index (Phi) is 2.61. The van der Waals surface area contributed by atoms with Crippen LogP contribution in [0.15, 0.2) is 30.3 Å². The van der Waals surface area contributed by atoms with Crippen LogP contribution >= 0.6 is 0 Å². The highest BCUT2D eigenvalue weighted by Crippen LogP contribution is 2.03. The van der Waals surface area contributed by atoms with Gasteiger partial charge in [-0.15, -0.1) is 0 Å². The van der Waals surface area contributed by atoms with Gasteiger partial charge in [0, 0.05) is 0 Å². The molecule has 1 aromatic rings. The summed E-state index contributed by atoms with van der Waals surface area (Å²) in [5.74, 6) is 0. The lowest BCUT2D eigenvalue weighted by molar-refractivity contribution is 0.564. The molecule has 0 bridgehead atoms. The Hall–Kier alpha value is -1.37. The molecule has 0 heterocycles. The van der Waals surface area contributed by atoms with Crippen LogP contribution in [-0.4, -0.2) is 6.29 Å². The standard InChI is InChI=1S/C10H9O/c1-9-4-6-10(7-5-9)3-2-8-11/h2-7H,1H3/b3-2+. The molecule has 0 aromatic heterocycles. The van der Waals surface area contributed by atoms with Crippen LogP contribution in [0.5, 0.6) is 0 Å². The molecule has 1 radical (unpaired) electrons. The van der Waals surface area contributed by atoms with Gasteiger partial charge in [0.05, 0.1) is 0 Å². The van der Waals surface area contributed by atoms with Crippen LogP contribution < -0.4 is 0 Å². The number of hydrogen-bond acceptors (Lipinski definition) is 1. The topological polar surface area (TPSA) is 17.1 Å². The third-order valence-electron chi connectivity index (χ3n) is 1.42. The molecule has 0 aliphatic carbocycles. The van der Waals surface area contributed by atoms with E-state index < -0.39 is 0 Å². The molecule has 11 heavy (non-hydrogen) atoms. The number of hydrogen-bond donors (Lipinski definition) is 0. The monoisotopic (exact) mass is 145 g/mol. The maximum absolute atomic E-state index is 9.83. The average Bonchev–Trinajstić information content (AvgIpc) is 2.04. The van der Waals surface area contributed by atoms with Crippen molar-refractivity contribution < 1.29 is 4.79 Å². The highest BCUT2D eigenvalue weighted by atomic mass is 16.1. The van der Waals surface area contributed by atoms with E-state index in [0.29, 0.717) is 0 Å². The third kappa shape index (κ3) is 2.38. The molecule has 0 unspecified atom stereocenters. The van der Waals surface area contributed by atoms with Gasteiger partial charge in [-0.25, -0.2) is 0 Å². The van der Waals surface area contributed by atoms with E-state index in [-0.39, 0.29) is 0 Å². The van der Waals surface area contributed by atoms with Crippen molar-refractivity contribution in [1.82, 2.24) is 0 Å². The van der Waals surface area contributed by atoms with E-state index in [0.717, 1.165) is 5.56 Å². The second-order valence-corrected chi connectivity index (χ2v) is 2.36. The molecule has 1 rings (SSSR count). The van der Waals surface area contributed by atoms with Gasteiger partial charge in [-0.3, -0.25) is 4.79 Å². The molecule has 1 nitrogen and oxygen atoms in total. The van der Waals surface area contributed by atoms with Gasteiger partial charge in [-0.2, -0.15) is 0 Å². The van der Waals surface area contributed by atoms with Crippen LogP contribution in [0.1, 0.15) is 11.1 Å². The highest BCUT2D eigenvalue weighted by molar-refractivity contribution is 5.74. The van der Waals surface area contributed by atoms with Crippen LogP contribution in [0.25, 0.3) is 6.08 Å². The normalized spacial score (nSPS) is 10.3. The predicted octanol–water partition coefficient (Wildman–Crippen LogP) is 2.12. The van der Waals surface area contributed by atoms with Gasteiger partial charge in [-0.05, 0) is 18.6 Å². The second kappa shape index (κ2) is 3.71. The molecular formula is C10H9O. The van der Waals surface area contributed by atoms with Crippen molar-refractivity contribution in [2.45, 2.75) is 6.92 Å². The third-order valence-corrected chi connectivity index (χ3v) is 1.42. The quantitative estimate of drug-likeness (QED) is 0.582. The molecule has 0 spiro atoms. The summed E-state index contributed by atoms with van der Waals surface area (Å²) in [4.78, 5) is 9.83. The summed E-state index contributed by atoms with van der Waals surface area (Å²) in [6.07, 6.45) is 4.79. The van der Waals surface area contributed by atoms with Crippen molar-refractivity contribution >= 4 is 12.4 Å². The predicted molar refractivity (Wildman–Crippen MR) is 45.9 cm³/mol. The van der Waals surface area contributed by atoms with Gasteiger partial charge in [-0.1, -0.05) is 35.9 Å². The lowest BCUT2D eigenvalue weighted by Gasteiger charge is -1.92. The maximum Gasteiger partial charge on any atom is 0.225 e. The Morgan fingerprint density at radius 3 is 2.45 bits per heavy atom. The average molecular weight is 145 g/mol. The first-order valence-electron chi connectivity index (χ1n) is 3.44. The summed E-state index contributed by atoms with van der Waals surface area (Å²) in [7, 11) is 0. The summed E-state index contributed by atoms with van der Waals surface area (Å²) in [5, 5.41) is 0. The van der Waals surface area contributed by atoms with E-state index in [1.54, 1.807) is 12.4 Å². The van der Waals surface area contributed by atoms with Crippen molar-refractivity contribution in [3.63, 3.8) is 0 Å². The fourth-order valence-corrected chi connectivity index (χ4v) is 0.808. The molecule has 0 aliphatic rings. The first kappa shape index (κ1) is 7.73. The van der Waals surface area contributed by atoms with Gasteiger partial charge < -0.3 is 0 Å². The van der Waals surface area contributed by atoms with Crippen LogP contribution in [0.4, 0.5) is 0 Å². The van der Waals surface area contributed by atoms with E-state index in [4.69, 9.17) is 0 Å². The van der Waals surface area contributed by atoms with Crippen molar-refractivity contribution in [3.05, 3.63) is 41.5 Å². The largest absolute Gasteiger partial charge is 0.286 e. The highest BCUT2D eigenvalue weighted by Gasteiger charge is 1.84. The van der Waals surface area contributed by atoms with E-state index >= 15 is 0 Å². The lowest BCUT2D eigenvalue weighted by Crippen LogP contribution is -1.73. The second-order valence-electron chi connectivity index (χ2n) is 2.36. The molecule has 0 saturated heterocycles. The molecule has 0 saturated carbocycles. The number of benzene rings is 1. The smallest absolute Gasteiger partial charge is 0.225 e. The van der Waals surface area contributed by atoms with Crippen molar-refractivity contribution in [3.8, 4) is 0 Å². The van der Waals surface area contributed by atoms with Crippen LogP contribution in [-0.2, 0) is 4.79 Å². The molecule has 1 heteroatoms. The molecule has 0 atom stereocenters. The zero-order valence-electron chi connectivity index (χ0n) is 6.37. The molecule has 0 fully saturated rings. The Balaban J connectivity index is 2.81. The summed E-state index contributed by atoms with van der Waals surface area (Å²) in [6.45, 7) is 2.03. The molecule has 0 amide bonds. The number of rotatable bonds is 2. The van der Waals surface area contributed by atoms with Crippen molar-refractivity contribution in [2.24, 2.45) is 0 Å². The van der Waals surface area contributed by atoms with Gasteiger partial charge >= 0.3 is 0 Å². The molecule has 0 aliphatic heterocycles. The number of carbonyl (C=O) groups excluding carboxylic acids is 1. The van der Waals surface area contributed by atoms with Gasteiger partial charge in [0.15, 0.2) is 0 Å². The van der Waals surface area contributed by atoms with E-state index in [9.17, 15) is 4.79 Å². The van der Waals surface area contributed by atoms with Crippen LogP contribution in [0.3, 0.4) is 0 Å². The minimum Gasteiger partial charge on any atom is -0.286 e. The van der Waals surface area contributed by atoms with E-state index in [1.165, 1.54) is 11.6 Å². The van der Waals surface area contributed by atoms with Gasteiger partial charge in [0.2, 0.25) is 6.29 Å². The zero-order chi connectivity index (χ0) is 8.10. The number of aryl methyl sites for hydroxylation is 1. The van der Waals surface area contributed by atoms with Crippen LogP contribution in [0, 0.1) is 6.92 Å². The minimum absolute atomic E-state index is 1.03. The maximum atomic E-state index is 9.83. The van der Waals surface area contributed by atoms with Gasteiger partial charge in [0.1, 0.15) is 0 Å². The first-order chi connectivity index (χ1) is 5.33. The van der Waals surface area contributed by atoms with E-state index in [1.807, 2.05) is 31.2 Å². The Labute approximate surface area is 66.4 Å². The van der Waals surface area contributed by atoms with Gasteiger partial charge in [0.25, 0.3) is 0 Å². The fourth-order valence-electron chi connectivity index (χ4n) is 0.808. The molecule has 1 aromatic carbocycles. The lowest BCUT2D eigenvalue weighted by atomic mass is 10.1. The zero-order valence-corrected chi connectivity index (χ0v) is 6.37. The van der Waals surface area contributed by atoms with Crippen molar-refractivity contribution in [2.75, 3.05) is 0 Å². The number of allylic oxidation sites excluding steroid dienone is 1.